The third-order valence-corrected chi connectivity index (χ3v) is 6.26. The lowest BCUT2D eigenvalue weighted by Crippen LogP contribution is -2.47. The molecule has 1 N–H and O–H groups in total. The molecule has 0 bridgehead atoms. The van der Waals surface area contributed by atoms with Crippen LogP contribution in [0.2, 0.25) is 0 Å². The zero-order chi connectivity index (χ0) is 16.1. The zero-order valence-electron chi connectivity index (χ0n) is 12.9. The topological polar surface area (TPSA) is 61.9 Å². The van der Waals surface area contributed by atoms with Gasteiger partial charge in [-0.3, -0.25) is 4.21 Å². The number of nitrogens with one attached hydrogen (secondary N) is 1. The number of aromatic nitrogens is 3. The molecule has 1 fully saturated rings. The molecule has 3 heterocycles. The van der Waals surface area contributed by atoms with Crippen molar-refractivity contribution in [3.63, 3.8) is 0 Å². The minimum absolute atomic E-state index is 0.0893. The van der Waals surface area contributed by atoms with E-state index in [1.807, 2.05) is 13.8 Å². The Labute approximate surface area is 135 Å². The molecule has 3 aromatic rings. The fourth-order valence-corrected chi connectivity index (χ4v) is 4.78. The number of fused-ring (bicyclic) bond motifs is 3. The van der Waals surface area contributed by atoms with E-state index in [2.05, 4.69) is 19.9 Å². The monoisotopic (exact) mass is 332 g/mol. The van der Waals surface area contributed by atoms with Crippen molar-refractivity contribution in [3.8, 4) is 0 Å². The van der Waals surface area contributed by atoms with Crippen molar-refractivity contribution in [2.75, 3.05) is 18.0 Å². The second-order valence-electron chi connectivity index (χ2n) is 6.09. The summed E-state index contributed by atoms with van der Waals surface area (Å²) in [7, 11) is -0.821. The molecule has 0 saturated carbocycles. The van der Waals surface area contributed by atoms with Gasteiger partial charge in [-0.05, 0) is 32.0 Å². The number of aromatic amines is 1. The van der Waals surface area contributed by atoms with Gasteiger partial charge in [0.05, 0.1) is 10.9 Å². The number of halogens is 1. The predicted octanol–water partition coefficient (Wildman–Crippen LogP) is 2.60. The van der Waals surface area contributed by atoms with Gasteiger partial charge in [0.1, 0.15) is 23.6 Å². The quantitative estimate of drug-likeness (QED) is 0.744. The van der Waals surface area contributed by atoms with Crippen LogP contribution in [0.5, 0.6) is 0 Å². The van der Waals surface area contributed by atoms with E-state index in [0.29, 0.717) is 24.3 Å². The van der Waals surface area contributed by atoms with Crippen LogP contribution in [-0.2, 0) is 10.8 Å². The van der Waals surface area contributed by atoms with Crippen LogP contribution >= 0.6 is 0 Å². The SMILES string of the molecule is CC1CN(c2ncnc3[nH]c4cc(F)ccc4c23)CC(C)S1=O. The number of anilines is 1. The van der Waals surface area contributed by atoms with Crippen molar-refractivity contribution in [1.82, 2.24) is 15.0 Å². The molecule has 0 amide bonds. The van der Waals surface area contributed by atoms with Gasteiger partial charge in [0.2, 0.25) is 0 Å². The van der Waals surface area contributed by atoms with Gasteiger partial charge in [-0.25, -0.2) is 14.4 Å². The van der Waals surface area contributed by atoms with E-state index in [0.717, 1.165) is 16.6 Å². The lowest BCUT2D eigenvalue weighted by atomic mass is 10.2. The smallest absolute Gasteiger partial charge is 0.143 e. The summed E-state index contributed by atoms with van der Waals surface area (Å²) in [5.41, 5.74) is 1.41. The van der Waals surface area contributed by atoms with Gasteiger partial charge >= 0.3 is 0 Å². The van der Waals surface area contributed by atoms with Gasteiger partial charge in [0, 0.05) is 39.8 Å². The summed E-state index contributed by atoms with van der Waals surface area (Å²) in [6.07, 6.45) is 1.52. The average Bonchev–Trinajstić information content (AvgIpc) is 2.89. The highest BCUT2D eigenvalue weighted by atomic mass is 32.2. The van der Waals surface area contributed by atoms with Gasteiger partial charge < -0.3 is 9.88 Å². The van der Waals surface area contributed by atoms with Crippen molar-refractivity contribution >= 4 is 38.6 Å². The maximum absolute atomic E-state index is 13.5. The van der Waals surface area contributed by atoms with Crippen LogP contribution in [0.3, 0.4) is 0 Å². The minimum Gasteiger partial charge on any atom is -0.354 e. The van der Waals surface area contributed by atoms with E-state index in [4.69, 9.17) is 0 Å². The first kappa shape index (κ1) is 14.6. The Morgan fingerprint density at radius 2 is 2.00 bits per heavy atom. The molecule has 5 nitrogen and oxygen atoms in total. The molecule has 4 rings (SSSR count). The van der Waals surface area contributed by atoms with E-state index in [1.165, 1.54) is 18.5 Å². The summed E-state index contributed by atoms with van der Waals surface area (Å²) in [6, 6.07) is 4.67. The van der Waals surface area contributed by atoms with E-state index in [9.17, 15) is 8.60 Å². The molecule has 120 valence electrons. The fourth-order valence-electron chi connectivity index (χ4n) is 3.34. The van der Waals surface area contributed by atoms with Crippen LogP contribution in [-0.4, -0.2) is 42.8 Å². The summed E-state index contributed by atoms with van der Waals surface area (Å²) < 4.78 is 25.6. The van der Waals surface area contributed by atoms with E-state index in [-0.39, 0.29) is 16.3 Å². The van der Waals surface area contributed by atoms with Gasteiger partial charge in [-0.15, -0.1) is 0 Å². The van der Waals surface area contributed by atoms with E-state index < -0.39 is 10.8 Å². The Morgan fingerprint density at radius 1 is 1.26 bits per heavy atom. The van der Waals surface area contributed by atoms with Crippen molar-refractivity contribution < 1.29 is 8.60 Å². The summed E-state index contributed by atoms with van der Waals surface area (Å²) in [4.78, 5) is 14.1. The predicted molar refractivity (Wildman–Crippen MR) is 90.6 cm³/mol. The maximum Gasteiger partial charge on any atom is 0.143 e. The molecule has 0 aliphatic carbocycles. The molecule has 1 aliphatic heterocycles. The van der Waals surface area contributed by atoms with Crippen LogP contribution in [0.4, 0.5) is 10.2 Å². The number of hydrogen-bond donors (Lipinski definition) is 1. The second kappa shape index (κ2) is 5.26. The lowest BCUT2D eigenvalue weighted by Gasteiger charge is -2.35. The molecule has 1 aliphatic rings. The summed E-state index contributed by atoms with van der Waals surface area (Å²) in [5, 5.41) is 1.98. The van der Waals surface area contributed by atoms with Crippen LogP contribution in [0.25, 0.3) is 21.9 Å². The van der Waals surface area contributed by atoms with Crippen LogP contribution in [0.1, 0.15) is 13.8 Å². The van der Waals surface area contributed by atoms with Crippen LogP contribution in [0.15, 0.2) is 24.5 Å². The first-order valence-corrected chi connectivity index (χ1v) is 8.88. The van der Waals surface area contributed by atoms with Crippen molar-refractivity contribution in [1.29, 1.82) is 0 Å². The van der Waals surface area contributed by atoms with Crippen molar-refractivity contribution in [2.24, 2.45) is 0 Å². The number of benzene rings is 1. The molecule has 1 saturated heterocycles. The Bertz CT molecular complexity index is 911. The highest BCUT2D eigenvalue weighted by Crippen LogP contribution is 2.33. The van der Waals surface area contributed by atoms with Gasteiger partial charge in [-0.1, -0.05) is 0 Å². The summed E-state index contributed by atoms with van der Waals surface area (Å²) in [6.45, 7) is 5.39. The van der Waals surface area contributed by atoms with E-state index in [1.54, 1.807) is 6.07 Å². The van der Waals surface area contributed by atoms with Gasteiger partial charge in [0.25, 0.3) is 0 Å². The van der Waals surface area contributed by atoms with Crippen LogP contribution in [0, 0.1) is 5.82 Å². The molecule has 2 unspecified atom stereocenters. The highest BCUT2D eigenvalue weighted by molar-refractivity contribution is 7.86. The molecular formula is C16H17FN4OS. The molecule has 2 atom stereocenters. The normalized spacial score (nSPS) is 25.3. The Hall–Kier alpha value is -2.02. The molecule has 0 spiro atoms. The first-order chi connectivity index (χ1) is 11.0. The third kappa shape index (κ3) is 2.30. The third-order valence-electron chi connectivity index (χ3n) is 4.38. The van der Waals surface area contributed by atoms with Crippen molar-refractivity contribution in [2.45, 2.75) is 24.3 Å². The van der Waals surface area contributed by atoms with Crippen LogP contribution < -0.4 is 4.90 Å². The van der Waals surface area contributed by atoms with Gasteiger partial charge in [-0.2, -0.15) is 0 Å². The Balaban J connectivity index is 1.90. The molecular weight excluding hydrogens is 315 g/mol. The van der Waals surface area contributed by atoms with Crippen molar-refractivity contribution in [3.05, 3.63) is 30.3 Å². The number of nitrogens with zero attached hydrogens (tertiary/aromatic N) is 3. The first-order valence-electron chi connectivity index (χ1n) is 7.61. The molecule has 23 heavy (non-hydrogen) atoms. The highest BCUT2D eigenvalue weighted by Gasteiger charge is 2.30. The standard InChI is InChI=1S/C16H17FN4OS/c1-9-6-21(7-10(2)23(9)22)16-14-12-4-3-11(17)5-13(12)20-15(14)18-8-19-16/h3-5,8-10H,6-7H2,1-2H3,(H,18,19,20). The molecule has 0 radical (unpaired) electrons. The molecule has 1 aromatic carbocycles. The Morgan fingerprint density at radius 3 is 2.74 bits per heavy atom. The molecule has 2 aromatic heterocycles. The minimum atomic E-state index is -0.821. The van der Waals surface area contributed by atoms with Gasteiger partial charge in [0.15, 0.2) is 0 Å². The summed E-state index contributed by atoms with van der Waals surface area (Å²) in [5.74, 6) is 0.539. The Kier molecular flexibility index (Phi) is 3.33. The summed E-state index contributed by atoms with van der Waals surface area (Å²) >= 11 is 0. The number of hydrogen-bond acceptors (Lipinski definition) is 4. The van der Waals surface area contributed by atoms with E-state index >= 15 is 0 Å². The zero-order valence-corrected chi connectivity index (χ0v) is 13.7. The lowest BCUT2D eigenvalue weighted by molar-refractivity contribution is 0.629. The largest absolute Gasteiger partial charge is 0.354 e. The molecule has 7 heteroatoms. The fraction of sp³-hybridized carbons (Fsp3) is 0.375. The average molecular weight is 332 g/mol. The second-order valence-corrected chi connectivity index (χ2v) is 8.36. The maximum atomic E-state index is 13.5. The number of rotatable bonds is 1. The number of H-pyrrole nitrogens is 1.